The van der Waals surface area contributed by atoms with E-state index in [1.54, 1.807) is 7.11 Å². The van der Waals surface area contributed by atoms with Crippen molar-refractivity contribution in [3.05, 3.63) is 24.3 Å². The Morgan fingerprint density at radius 1 is 1.22 bits per heavy atom. The molecule has 5 heteroatoms. The zero-order chi connectivity index (χ0) is 19.3. The van der Waals surface area contributed by atoms with Gasteiger partial charge in [-0.15, -0.1) is 0 Å². The molecular formula is C22H34N2O3. The van der Waals surface area contributed by atoms with E-state index in [4.69, 9.17) is 9.47 Å². The van der Waals surface area contributed by atoms with Gasteiger partial charge in [-0.1, -0.05) is 6.42 Å². The molecule has 2 aliphatic rings. The van der Waals surface area contributed by atoms with Crippen LogP contribution in [0, 0.1) is 5.92 Å². The number of hydrogen-bond acceptors (Lipinski definition) is 4. The van der Waals surface area contributed by atoms with Gasteiger partial charge >= 0.3 is 0 Å². The number of methoxy groups -OCH3 is 1. The summed E-state index contributed by atoms with van der Waals surface area (Å²) >= 11 is 0. The minimum atomic E-state index is -0.735. The number of benzene rings is 1. The van der Waals surface area contributed by atoms with Crippen molar-refractivity contribution in [3.63, 3.8) is 0 Å². The Kier molecular flexibility index (Phi) is 6.77. The molecule has 1 saturated heterocycles. The Labute approximate surface area is 163 Å². The molecule has 0 unspecified atom stereocenters. The highest BCUT2D eigenvalue weighted by Crippen LogP contribution is 2.42. The lowest BCUT2D eigenvalue weighted by Gasteiger charge is -2.33. The largest absolute Gasteiger partial charge is 0.494 e. The molecule has 2 atom stereocenters. The van der Waals surface area contributed by atoms with Gasteiger partial charge in [0, 0.05) is 25.4 Å². The molecule has 1 aromatic carbocycles. The van der Waals surface area contributed by atoms with Crippen LogP contribution in [0.1, 0.15) is 52.4 Å². The average Bonchev–Trinajstić information content (AvgIpc) is 3.53. The number of rotatable bonds is 9. The average molecular weight is 375 g/mol. The maximum absolute atomic E-state index is 12.5. The van der Waals surface area contributed by atoms with Crippen molar-refractivity contribution in [1.82, 2.24) is 4.90 Å². The molecule has 2 fully saturated rings. The van der Waals surface area contributed by atoms with Crippen molar-refractivity contribution in [3.8, 4) is 5.75 Å². The first-order valence-electron chi connectivity index (χ1n) is 10.4. The standard InChI is InChI=1S/C22H34N2O3/c1-17-7-4-5-14-24(17)15-6-16-27-20-12-10-19(11-13-20)23-21(25)22(2,26-3)18-8-9-18/h10-13,17-18H,4-9,14-16H2,1-3H3,(H,23,25)/t17-,22+/m1/s1. The van der Waals surface area contributed by atoms with Crippen molar-refractivity contribution < 1.29 is 14.3 Å². The number of carbonyl (C=O) groups excluding carboxylic acids is 1. The summed E-state index contributed by atoms with van der Waals surface area (Å²) in [7, 11) is 1.61. The molecular weight excluding hydrogens is 340 g/mol. The number of hydrogen-bond donors (Lipinski definition) is 1. The van der Waals surface area contributed by atoms with E-state index in [0.29, 0.717) is 12.0 Å². The predicted octanol–water partition coefficient (Wildman–Crippen LogP) is 4.08. The smallest absolute Gasteiger partial charge is 0.256 e. The third-order valence-electron chi connectivity index (χ3n) is 6.14. The van der Waals surface area contributed by atoms with E-state index in [2.05, 4.69) is 17.1 Å². The maximum Gasteiger partial charge on any atom is 0.256 e. The number of anilines is 1. The van der Waals surface area contributed by atoms with Gasteiger partial charge in [0.1, 0.15) is 11.4 Å². The molecule has 0 bridgehead atoms. The highest BCUT2D eigenvalue weighted by atomic mass is 16.5. The van der Waals surface area contributed by atoms with Gasteiger partial charge in [0.2, 0.25) is 0 Å². The second-order valence-corrected chi connectivity index (χ2v) is 8.15. The number of amides is 1. The fraction of sp³-hybridized carbons (Fsp3) is 0.682. The summed E-state index contributed by atoms with van der Waals surface area (Å²) in [5.41, 5.74) is 0.0410. The Balaban J connectivity index is 1.41. The molecule has 1 saturated carbocycles. The van der Waals surface area contributed by atoms with Crippen molar-refractivity contribution in [1.29, 1.82) is 0 Å². The van der Waals surface area contributed by atoms with Crippen LogP contribution in [0.4, 0.5) is 5.69 Å². The number of likely N-dealkylation sites (tertiary alicyclic amines) is 1. The highest BCUT2D eigenvalue weighted by molar-refractivity contribution is 5.97. The number of carbonyl (C=O) groups is 1. The molecule has 27 heavy (non-hydrogen) atoms. The van der Waals surface area contributed by atoms with E-state index in [0.717, 1.165) is 43.9 Å². The van der Waals surface area contributed by atoms with E-state index >= 15 is 0 Å². The molecule has 0 radical (unpaired) electrons. The first-order valence-corrected chi connectivity index (χ1v) is 10.4. The molecule has 0 spiro atoms. The second kappa shape index (κ2) is 9.07. The van der Waals surface area contributed by atoms with Crippen molar-refractivity contribution in [2.24, 2.45) is 5.92 Å². The van der Waals surface area contributed by atoms with Gasteiger partial charge in [-0.2, -0.15) is 0 Å². The van der Waals surface area contributed by atoms with Gasteiger partial charge in [0.15, 0.2) is 0 Å². The van der Waals surface area contributed by atoms with E-state index < -0.39 is 5.60 Å². The third kappa shape index (κ3) is 5.23. The molecule has 3 rings (SSSR count). The van der Waals surface area contributed by atoms with Gasteiger partial charge in [0.05, 0.1) is 6.61 Å². The minimum Gasteiger partial charge on any atom is -0.494 e. The summed E-state index contributed by atoms with van der Waals surface area (Å²) in [6.07, 6.45) is 7.15. The Hall–Kier alpha value is -1.59. The summed E-state index contributed by atoms with van der Waals surface area (Å²) in [4.78, 5) is 15.1. The topological polar surface area (TPSA) is 50.8 Å². The lowest BCUT2D eigenvalue weighted by Crippen LogP contribution is -2.44. The molecule has 1 aliphatic carbocycles. The van der Waals surface area contributed by atoms with Crippen LogP contribution in [-0.4, -0.2) is 49.3 Å². The fourth-order valence-corrected chi connectivity index (χ4v) is 3.92. The molecule has 5 nitrogen and oxygen atoms in total. The van der Waals surface area contributed by atoms with Crippen LogP contribution in [0.25, 0.3) is 0 Å². The third-order valence-corrected chi connectivity index (χ3v) is 6.14. The number of piperidine rings is 1. The molecule has 1 heterocycles. The van der Waals surface area contributed by atoms with Crippen LogP contribution in [0.5, 0.6) is 5.75 Å². The summed E-state index contributed by atoms with van der Waals surface area (Å²) in [5, 5.41) is 2.97. The molecule has 1 amide bonds. The van der Waals surface area contributed by atoms with Gasteiger partial charge < -0.3 is 19.7 Å². The normalized spacial score (nSPS) is 22.9. The molecule has 1 aromatic rings. The van der Waals surface area contributed by atoms with Crippen molar-refractivity contribution in [2.75, 3.05) is 32.1 Å². The highest BCUT2D eigenvalue weighted by Gasteiger charge is 2.47. The van der Waals surface area contributed by atoms with Gasteiger partial charge in [-0.05, 0) is 82.7 Å². The SMILES string of the molecule is CO[C@](C)(C(=O)Nc1ccc(OCCCN2CCCC[C@H]2C)cc1)C1CC1. The van der Waals surface area contributed by atoms with E-state index in [1.165, 1.54) is 25.8 Å². The Bertz CT molecular complexity index is 614. The van der Waals surface area contributed by atoms with Crippen LogP contribution >= 0.6 is 0 Å². The molecule has 1 aliphatic heterocycles. The van der Waals surface area contributed by atoms with E-state index in [1.807, 2.05) is 31.2 Å². The lowest BCUT2D eigenvalue weighted by molar-refractivity contribution is -0.138. The zero-order valence-corrected chi connectivity index (χ0v) is 17.0. The minimum absolute atomic E-state index is 0.0724. The van der Waals surface area contributed by atoms with Gasteiger partial charge in [0.25, 0.3) is 5.91 Å². The first-order chi connectivity index (χ1) is 13.0. The monoisotopic (exact) mass is 374 g/mol. The van der Waals surface area contributed by atoms with E-state index in [9.17, 15) is 4.79 Å². The van der Waals surface area contributed by atoms with Crippen LogP contribution in [0.15, 0.2) is 24.3 Å². The lowest BCUT2D eigenvalue weighted by atomic mass is 9.99. The Morgan fingerprint density at radius 3 is 2.59 bits per heavy atom. The fourth-order valence-electron chi connectivity index (χ4n) is 3.92. The first kappa shape index (κ1) is 20.2. The van der Waals surface area contributed by atoms with Crippen molar-refractivity contribution >= 4 is 11.6 Å². The summed E-state index contributed by atoms with van der Waals surface area (Å²) in [6, 6.07) is 8.32. The van der Waals surface area contributed by atoms with Crippen LogP contribution in [0.2, 0.25) is 0 Å². The van der Waals surface area contributed by atoms with Gasteiger partial charge in [-0.3, -0.25) is 4.79 Å². The summed E-state index contributed by atoms with van der Waals surface area (Å²) in [6.45, 7) is 7.24. The second-order valence-electron chi connectivity index (χ2n) is 8.15. The molecule has 150 valence electrons. The Morgan fingerprint density at radius 2 is 1.96 bits per heavy atom. The van der Waals surface area contributed by atoms with E-state index in [-0.39, 0.29) is 5.91 Å². The molecule has 0 aromatic heterocycles. The quantitative estimate of drug-likeness (QED) is 0.662. The van der Waals surface area contributed by atoms with Crippen LogP contribution in [-0.2, 0) is 9.53 Å². The molecule has 1 N–H and O–H groups in total. The summed E-state index contributed by atoms with van der Waals surface area (Å²) < 4.78 is 11.4. The number of nitrogens with zero attached hydrogens (tertiary/aromatic N) is 1. The number of nitrogens with one attached hydrogen (secondary N) is 1. The zero-order valence-electron chi connectivity index (χ0n) is 17.0. The number of ether oxygens (including phenoxy) is 2. The van der Waals surface area contributed by atoms with Crippen LogP contribution in [0.3, 0.4) is 0 Å². The van der Waals surface area contributed by atoms with Crippen molar-refractivity contribution in [2.45, 2.75) is 64.0 Å². The van der Waals surface area contributed by atoms with Crippen LogP contribution < -0.4 is 10.1 Å². The van der Waals surface area contributed by atoms with Gasteiger partial charge in [-0.25, -0.2) is 0 Å². The predicted molar refractivity (Wildman–Crippen MR) is 108 cm³/mol. The summed E-state index contributed by atoms with van der Waals surface area (Å²) in [5.74, 6) is 1.10. The maximum atomic E-state index is 12.5.